The van der Waals surface area contributed by atoms with Crippen molar-refractivity contribution >= 4 is 21.6 Å². The summed E-state index contributed by atoms with van der Waals surface area (Å²) in [6.07, 6.45) is 4.52. The first-order valence-electron chi connectivity index (χ1n) is 8.73. The minimum absolute atomic E-state index is 0.00445. The van der Waals surface area contributed by atoms with E-state index in [0.29, 0.717) is 24.7 Å². The molecule has 1 amide bonds. The van der Waals surface area contributed by atoms with Gasteiger partial charge in [-0.05, 0) is 37.8 Å². The Bertz CT molecular complexity index is 866. The number of hydrogen-bond acceptors (Lipinski definition) is 4. The average molecular weight is 376 g/mol. The lowest BCUT2D eigenvalue weighted by atomic mass is 10.0. The van der Waals surface area contributed by atoms with E-state index in [-0.39, 0.29) is 17.5 Å². The zero-order valence-electron chi connectivity index (χ0n) is 15.1. The van der Waals surface area contributed by atoms with E-state index >= 15 is 0 Å². The molecule has 0 aliphatic carbocycles. The van der Waals surface area contributed by atoms with E-state index in [1.54, 1.807) is 0 Å². The predicted molar refractivity (Wildman–Crippen MR) is 99.2 cm³/mol. The number of carbonyl (C=O) groups is 1. The topological polar surface area (TPSA) is 84.3 Å². The van der Waals surface area contributed by atoms with E-state index in [4.69, 9.17) is 0 Å². The molecule has 0 unspecified atom stereocenters. The summed E-state index contributed by atoms with van der Waals surface area (Å²) < 4.78 is 28.3. The molecule has 0 spiro atoms. The van der Waals surface area contributed by atoms with E-state index in [2.05, 4.69) is 17.2 Å². The normalized spacial score (nSPS) is 16.5. The SMILES string of the molecule is Cc1ccc(NC(=O)Cn2cnc(S(=O)(=O)N3CCC(C)CC3)c2)cc1. The lowest BCUT2D eigenvalue weighted by Crippen LogP contribution is -2.38. The quantitative estimate of drug-likeness (QED) is 0.867. The van der Waals surface area contributed by atoms with Gasteiger partial charge in [-0.3, -0.25) is 4.79 Å². The maximum atomic E-state index is 12.7. The molecule has 1 aromatic heterocycles. The number of nitrogens with zero attached hydrogens (tertiary/aromatic N) is 3. The molecule has 1 fully saturated rings. The number of benzene rings is 1. The van der Waals surface area contributed by atoms with Gasteiger partial charge < -0.3 is 9.88 Å². The Morgan fingerprint density at radius 3 is 2.54 bits per heavy atom. The largest absolute Gasteiger partial charge is 0.327 e. The Morgan fingerprint density at radius 2 is 1.88 bits per heavy atom. The molecular formula is C18H24N4O3S. The highest BCUT2D eigenvalue weighted by molar-refractivity contribution is 7.89. The molecule has 1 N–H and O–H groups in total. The molecule has 7 nitrogen and oxygen atoms in total. The second kappa shape index (κ2) is 7.59. The van der Waals surface area contributed by atoms with Crippen LogP contribution in [0.25, 0.3) is 0 Å². The monoisotopic (exact) mass is 376 g/mol. The Kier molecular flexibility index (Phi) is 5.43. The van der Waals surface area contributed by atoms with Crippen molar-refractivity contribution in [3.8, 4) is 0 Å². The van der Waals surface area contributed by atoms with Crippen molar-refractivity contribution in [3.05, 3.63) is 42.4 Å². The molecule has 26 heavy (non-hydrogen) atoms. The second-order valence-corrected chi connectivity index (χ2v) is 8.77. The molecule has 0 saturated carbocycles. The van der Waals surface area contributed by atoms with Gasteiger partial charge in [0.05, 0.1) is 6.33 Å². The Labute approximate surface area is 154 Å². The summed E-state index contributed by atoms with van der Waals surface area (Å²) in [5, 5.41) is 2.78. The number of rotatable bonds is 5. The minimum atomic E-state index is -3.59. The molecule has 0 radical (unpaired) electrons. The molecular weight excluding hydrogens is 352 g/mol. The molecule has 1 aliphatic rings. The van der Waals surface area contributed by atoms with Crippen LogP contribution in [-0.4, -0.2) is 41.3 Å². The van der Waals surface area contributed by atoms with Crippen LogP contribution in [0.5, 0.6) is 0 Å². The van der Waals surface area contributed by atoms with Gasteiger partial charge in [-0.15, -0.1) is 0 Å². The van der Waals surface area contributed by atoms with Crippen molar-refractivity contribution in [2.45, 2.75) is 38.3 Å². The third-order valence-corrected chi connectivity index (χ3v) is 6.40. The van der Waals surface area contributed by atoms with Gasteiger partial charge in [-0.1, -0.05) is 24.6 Å². The molecule has 1 saturated heterocycles. The fourth-order valence-electron chi connectivity index (χ4n) is 2.92. The maximum absolute atomic E-state index is 12.7. The number of imidazole rings is 1. The van der Waals surface area contributed by atoms with Crippen LogP contribution in [0.15, 0.2) is 41.8 Å². The fourth-order valence-corrected chi connectivity index (χ4v) is 4.33. The average Bonchev–Trinajstić information content (AvgIpc) is 3.06. The lowest BCUT2D eigenvalue weighted by Gasteiger charge is -2.28. The van der Waals surface area contributed by atoms with Gasteiger partial charge in [0.2, 0.25) is 5.91 Å². The van der Waals surface area contributed by atoms with Crippen LogP contribution in [0.2, 0.25) is 0 Å². The van der Waals surface area contributed by atoms with Gasteiger partial charge in [-0.2, -0.15) is 4.31 Å². The molecule has 3 rings (SSSR count). The van der Waals surface area contributed by atoms with Crippen LogP contribution >= 0.6 is 0 Å². The number of sulfonamides is 1. The van der Waals surface area contributed by atoms with Gasteiger partial charge in [0, 0.05) is 25.0 Å². The maximum Gasteiger partial charge on any atom is 0.262 e. The number of carbonyl (C=O) groups excluding carboxylic acids is 1. The standard InChI is InChI=1S/C18H24N4O3S/c1-14-3-5-16(6-4-14)20-17(23)11-21-12-18(19-13-21)26(24,25)22-9-7-15(2)8-10-22/h3-6,12-13,15H,7-11H2,1-2H3,(H,20,23). The third-order valence-electron chi connectivity index (χ3n) is 4.62. The van der Waals surface area contributed by atoms with Crippen molar-refractivity contribution in [2.75, 3.05) is 18.4 Å². The number of aryl methyl sites for hydroxylation is 1. The number of hydrogen-bond donors (Lipinski definition) is 1. The molecule has 0 atom stereocenters. The van der Waals surface area contributed by atoms with Crippen LogP contribution in [0.1, 0.15) is 25.3 Å². The lowest BCUT2D eigenvalue weighted by molar-refractivity contribution is -0.116. The van der Waals surface area contributed by atoms with E-state index in [9.17, 15) is 13.2 Å². The fraction of sp³-hybridized carbons (Fsp3) is 0.444. The number of amides is 1. The summed E-state index contributed by atoms with van der Waals surface area (Å²) in [6.45, 7) is 5.15. The molecule has 140 valence electrons. The molecule has 1 aromatic carbocycles. The van der Waals surface area contributed by atoms with Crippen LogP contribution < -0.4 is 5.32 Å². The predicted octanol–water partition coefficient (Wildman–Crippen LogP) is 2.25. The highest BCUT2D eigenvalue weighted by Gasteiger charge is 2.29. The van der Waals surface area contributed by atoms with Gasteiger partial charge >= 0.3 is 0 Å². The van der Waals surface area contributed by atoms with E-state index in [1.807, 2.05) is 31.2 Å². The van der Waals surface area contributed by atoms with Crippen molar-refractivity contribution < 1.29 is 13.2 Å². The third kappa shape index (κ3) is 4.31. The number of nitrogens with one attached hydrogen (secondary N) is 1. The summed E-state index contributed by atoms with van der Waals surface area (Å²) in [6, 6.07) is 7.48. The molecule has 8 heteroatoms. The summed E-state index contributed by atoms with van der Waals surface area (Å²) in [5.74, 6) is 0.312. The molecule has 0 bridgehead atoms. The number of anilines is 1. The summed E-state index contributed by atoms with van der Waals surface area (Å²) in [4.78, 5) is 16.2. The van der Waals surface area contributed by atoms with Crippen molar-refractivity contribution in [1.29, 1.82) is 0 Å². The van der Waals surface area contributed by atoms with Gasteiger partial charge in [0.1, 0.15) is 6.54 Å². The van der Waals surface area contributed by atoms with Crippen LogP contribution in [0.4, 0.5) is 5.69 Å². The molecule has 2 aromatic rings. The van der Waals surface area contributed by atoms with Crippen LogP contribution in [0, 0.1) is 12.8 Å². The van der Waals surface area contributed by atoms with Gasteiger partial charge in [0.25, 0.3) is 10.0 Å². The van der Waals surface area contributed by atoms with E-state index < -0.39 is 10.0 Å². The van der Waals surface area contributed by atoms with Gasteiger partial charge in [0.15, 0.2) is 5.03 Å². The van der Waals surface area contributed by atoms with E-state index in [0.717, 1.165) is 18.4 Å². The highest BCUT2D eigenvalue weighted by Crippen LogP contribution is 2.22. The minimum Gasteiger partial charge on any atom is -0.327 e. The second-order valence-electron chi connectivity index (χ2n) is 6.89. The van der Waals surface area contributed by atoms with Crippen molar-refractivity contribution in [3.63, 3.8) is 0 Å². The number of piperidine rings is 1. The first-order chi connectivity index (χ1) is 12.3. The molecule has 2 heterocycles. The van der Waals surface area contributed by atoms with Crippen LogP contribution in [0.3, 0.4) is 0 Å². The highest BCUT2D eigenvalue weighted by atomic mass is 32.2. The summed E-state index contributed by atoms with van der Waals surface area (Å²) in [5.41, 5.74) is 1.82. The first-order valence-corrected chi connectivity index (χ1v) is 10.2. The van der Waals surface area contributed by atoms with Crippen LogP contribution in [-0.2, 0) is 21.4 Å². The summed E-state index contributed by atoms with van der Waals surface area (Å²) in [7, 11) is -3.59. The van der Waals surface area contributed by atoms with Crippen molar-refractivity contribution in [2.24, 2.45) is 5.92 Å². The summed E-state index contributed by atoms with van der Waals surface area (Å²) >= 11 is 0. The zero-order valence-corrected chi connectivity index (χ0v) is 15.9. The first kappa shape index (κ1) is 18.6. The smallest absolute Gasteiger partial charge is 0.262 e. The van der Waals surface area contributed by atoms with Gasteiger partial charge in [-0.25, -0.2) is 13.4 Å². The number of aromatic nitrogens is 2. The Morgan fingerprint density at radius 1 is 1.23 bits per heavy atom. The Balaban J connectivity index is 1.63. The van der Waals surface area contributed by atoms with E-state index in [1.165, 1.54) is 21.4 Å². The molecule has 1 aliphatic heterocycles. The van der Waals surface area contributed by atoms with Crippen molar-refractivity contribution in [1.82, 2.24) is 13.9 Å². The zero-order chi connectivity index (χ0) is 18.7. The Hall–Kier alpha value is -2.19.